The first-order chi connectivity index (χ1) is 6.48. The smallest absolute Gasteiger partial charge is 0.218 e. The Morgan fingerprint density at radius 2 is 2.14 bits per heavy atom. The third-order valence-corrected chi connectivity index (χ3v) is 2.13. The first-order valence-corrected chi connectivity index (χ1v) is 4.96. The summed E-state index contributed by atoms with van der Waals surface area (Å²) in [5, 5.41) is 3.21. The van der Waals surface area contributed by atoms with Gasteiger partial charge in [-0.15, -0.1) is 0 Å². The first-order valence-electron chi connectivity index (χ1n) is 4.96. The number of ether oxygens (including phenoxy) is 1. The molecule has 0 spiro atoms. The minimum Gasteiger partial charge on any atom is -0.385 e. The van der Waals surface area contributed by atoms with Crippen LogP contribution in [0.3, 0.4) is 0 Å². The summed E-state index contributed by atoms with van der Waals surface area (Å²) in [6.45, 7) is 6.65. The van der Waals surface area contributed by atoms with Crippen LogP contribution >= 0.6 is 0 Å². The standard InChI is InChI=1S/C10H22N2O2/c1-10(2,5-7-14-3)8-12-6-4-9(11)13/h12H,4-8H2,1-3H3,(H2,11,13). The van der Waals surface area contributed by atoms with Crippen LogP contribution < -0.4 is 11.1 Å². The first kappa shape index (κ1) is 13.4. The Hall–Kier alpha value is -0.610. The van der Waals surface area contributed by atoms with Gasteiger partial charge in [-0.05, 0) is 11.8 Å². The number of amides is 1. The van der Waals surface area contributed by atoms with Crippen LogP contribution in [0.25, 0.3) is 0 Å². The number of primary amides is 1. The maximum absolute atomic E-state index is 10.5. The molecule has 0 heterocycles. The normalized spacial score (nSPS) is 11.6. The zero-order valence-corrected chi connectivity index (χ0v) is 9.43. The average Bonchev–Trinajstić information content (AvgIpc) is 2.09. The van der Waals surface area contributed by atoms with Crippen molar-refractivity contribution >= 4 is 5.91 Å². The second-order valence-electron chi connectivity index (χ2n) is 4.30. The Kier molecular flexibility index (Phi) is 6.49. The van der Waals surface area contributed by atoms with Crippen molar-refractivity contribution in [2.24, 2.45) is 11.1 Å². The Balaban J connectivity index is 3.49. The third-order valence-electron chi connectivity index (χ3n) is 2.13. The summed E-state index contributed by atoms with van der Waals surface area (Å²) in [6.07, 6.45) is 1.41. The average molecular weight is 202 g/mol. The fourth-order valence-corrected chi connectivity index (χ4v) is 1.11. The van der Waals surface area contributed by atoms with Gasteiger partial charge in [0.25, 0.3) is 0 Å². The summed E-state index contributed by atoms with van der Waals surface area (Å²) in [4.78, 5) is 10.5. The molecule has 0 aliphatic rings. The Labute approximate surface area is 86.2 Å². The van der Waals surface area contributed by atoms with E-state index in [1.807, 2.05) is 0 Å². The molecule has 0 rings (SSSR count). The van der Waals surface area contributed by atoms with E-state index in [-0.39, 0.29) is 11.3 Å². The maximum atomic E-state index is 10.5. The fraction of sp³-hybridized carbons (Fsp3) is 0.900. The van der Waals surface area contributed by atoms with E-state index in [0.29, 0.717) is 13.0 Å². The van der Waals surface area contributed by atoms with Crippen molar-refractivity contribution in [2.75, 3.05) is 26.8 Å². The van der Waals surface area contributed by atoms with E-state index in [1.165, 1.54) is 0 Å². The van der Waals surface area contributed by atoms with E-state index < -0.39 is 0 Å². The Morgan fingerprint density at radius 3 is 2.64 bits per heavy atom. The van der Waals surface area contributed by atoms with Gasteiger partial charge < -0.3 is 15.8 Å². The zero-order valence-electron chi connectivity index (χ0n) is 9.43. The number of nitrogens with two attached hydrogens (primary N) is 1. The molecule has 1 amide bonds. The lowest BCUT2D eigenvalue weighted by atomic mass is 9.90. The summed E-state index contributed by atoms with van der Waals surface area (Å²) < 4.78 is 5.02. The van der Waals surface area contributed by atoms with E-state index >= 15 is 0 Å². The molecule has 0 atom stereocenters. The summed E-state index contributed by atoms with van der Waals surface area (Å²) >= 11 is 0. The molecule has 0 aliphatic carbocycles. The molecule has 0 saturated carbocycles. The summed E-state index contributed by atoms with van der Waals surface area (Å²) in [7, 11) is 1.70. The molecule has 0 aliphatic heterocycles. The number of hydrogen-bond acceptors (Lipinski definition) is 3. The molecule has 84 valence electrons. The Bertz CT molecular complexity index is 170. The van der Waals surface area contributed by atoms with Gasteiger partial charge in [0.15, 0.2) is 0 Å². The molecule has 4 heteroatoms. The van der Waals surface area contributed by atoms with Crippen molar-refractivity contribution < 1.29 is 9.53 Å². The maximum Gasteiger partial charge on any atom is 0.218 e. The number of methoxy groups -OCH3 is 1. The number of hydrogen-bond donors (Lipinski definition) is 2. The van der Waals surface area contributed by atoms with Gasteiger partial charge in [-0.3, -0.25) is 4.79 Å². The van der Waals surface area contributed by atoms with Crippen molar-refractivity contribution in [1.82, 2.24) is 5.32 Å². The van der Waals surface area contributed by atoms with Crippen molar-refractivity contribution in [3.05, 3.63) is 0 Å². The largest absolute Gasteiger partial charge is 0.385 e. The molecule has 0 fully saturated rings. The highest BCUT2D eigenvalue weighted by molar-refractivity contribution is 5.73. The summed E-state index contributed by atoms with van der Waals surface area (Å²) in [5.74, 6) is -0.257. The summed E-state index contributed by atoms with van der Waals surface area (Å²) in [5.41, 5.74) is 5.23. The quantitative estimate of drug-likeness (QED) is 0.564. The highest BCUT2D eigenvalue weighted by Crippen LogP contribution is 2.18. The minimum absolute atomic E-state index is 0.202. The van der Waals surface area contributed by atoms with Gasteiger partial charge in [-0.1, -0.05) is 13.8 Å². The molecule has 0 aromatic carbocycles. The lowest BCUT2D eigenvalue weighted by molar-refractivity contribution is -0.117. The van der Waals surface area contributed by atoms with Crippen LogP contribution in [0.15, 0.2) is 0 Å². The van der Waals surface area contributed by atoms with Gasteiger partial charge in [0.1, 0.15) is 0 Å². The van der Waals surface area contributed by atoms with Crippen LogP contribution in [0.1, 0.15) is 26.7 Å². The lowest BCUT2D eigenvalue weighted by Crippen LogP contribution is -2.32. The van der Waals surface area contributed by atoms with Crippen molar-refractivity contribution in [1.29, 1.82) is 0 Å². The van der Waals surface area contributed by atoms with E-state index in [0.717, 1.165) is 19.6 Å². The monoisotopic (exact) mass is 202 g/mol. The van der Waals surface area contributed by atoms with E-state index in [2.05, 4.69) is 19.2 Å². The number of nitrogens with one attached hydrogen (secondary N) is 1. The van der Waals surface area contributed by atoms with E-state index in [1.54, 1.807) is 7.11 Å². The van der Waals surface area contributed by atoms with Crippen molar-refractivity contribution in [3.63, 3.8) is 0 Å². The number of carbonyl (C=O) groups is 1. The van der Waals surface area contributed by atoms with Crippen LogP contribution in [-0.2, 0) is 9.53 Å². The molecule has 0 bridgehead atoms. The molecule has 0 saturated heterocycles. The molecular formula is C10H22N2O2. The topological polar surface area (TPSA) is 64.3 Å². The second kappa shape index (κ2) is 6.79. The molecule has 14 heavy (non-hydrogen) atoms. The van der Waals surface area contributed by atoms with Gasteiger partial charge in [-0.2, -0.15) is 0 Å². The van der Waals surface area contributed by atoms with Gasteiger partial charge in [-0.25, -0.2) is 0 Å². The van der Waals surface area contributed by atoms with Crippen molar-refractivity contribution in [2.45, 2.75) is 26.7 Å². The van der Waals surface area contributed by atoms with E-state index in [4.69, 9.17) is 10.5 Å². The SMILES string of the molecule is COCCC(C)(C)CNCCC(N)=O. The third kappa shape index (κ3) is 8.01. The molecule has 3 N–H and O–H groups in total. The number of carbonyl (C=O) groups excluding carboxylic acids is 1. The fourth-order valence-electron chi connectivity index (χ4n) is 1.11. The van der Waals surface area contributed by atoms with Crippen LogP contribution in [0.2, 0.25) is 0 Å². The highest BCUT2D eigenvalue weighted by atomic mass is 16.5. The predicted octanol–water partition coefficient (Wildman–Crippen LogP) is 0.514. The van der Waals surface area contributed by atoms with Gasteiger partial charge in [0.05, 0.1) is 0 Å². The van der Waals surface area contributed by atoms with Gasteiger partial charge in [0, 0.05) is 33.2 Å². The molecular weight excluding hydrogens is 180 g/mol. The molecule has 4 nitrogen and oxygen atoms in total. The Morgan fingerprint density at radius 1 is 1.50 bits per heavy atom. The molecule has 0 aromatic rings. The van der Waals surface area contributed by atoms with Crippen LogP contribution in [0, 0.1) is 5.41 Å². The van der Waals surface area contributed by atoms with Gasteiger partial charge in [0.2, 0.25) is 5.91 Å². The van der Waals surface area contributed by atoms with E-state index in [9.17, 15) is 4.79 Å². The van der Waals surface area contributed by atoms with Crippen LogP contribution in [0.4, 0.5) is 0 Å². The van der Waals surface area contributed by atoms with Crippen molar-refractivity contribution in [3.8, 4) is 0 Å². The molecule has 0 radical (unpaired) electrons. The highest BCUT2D eigenvalue weighted by Gasteiger charge is 2.16. The minimum atomic E-state index is -0.257. The molecule has 0 aromatic heterocycles. The van der Waals surface area contributed by atoms with Crippen LogP contribution in [0.5, 0.6) is 0 Å². The number of rotatable bonds is 8. The van der Waals surface area contributed by atoms with Gasteiger partial charge >= 0.3 is 0 Å². The lowest BCUT2D eigenvalue weighted by Gasteiger charge is -2.24. The zero-order chi connectivity index (χ0) is 11.0. The van der Waals surface area contributed by atoms with Crippen LogP contribution in [-0.4, -0.2) is 32.7 Å². The summed E-state index contributed by atoms with van der Waals surface area (Å²) in [6, 6.07) is 0. The predicted molar refractivity (Wildman–Crippen MR) is 57.0 cm³/mol. The second-order valence-corrected chi connectivity index (χ2v) is 4.30. The molecule has 0 unspecified atom stereocenters.